The SMILES string of the molecule is COCCCN(Cc1c(C)nn(-c2cccc(F)c2)c1N1CCN(C)CC1)C(=O)c1ccc(C(C)(C)C)cc1. The molecule has 0 spiro atoms. The van der Waals surface area contributed by atoms with Crippen molar-refractivity contribution in [2.45, 2.75) is 46.1 Å². The maximum atomic E-state index is 14.2. The van der Waals surface area contributed by atoms with Crippen LogP contribution in [0.25, 0.3) is 5.69 Å². The molecule has 0 saturated carbocycles. The van der Waals surface area contributed by atoms with Crippen molar-refractivity contribution < 1.29 is 13.9 Å². The number of aromatic nitrogens is 2. The van der Waals surface area contributed by atoms with Crippen LogP contribution in [0.15, 0.2) is 48.5 Å². The van der Waals surface area contributed by atoms with E-state index in [0.29, 0.717) is 30.9 Å². The van der Waals surface area contributed by atoms with Gasteiger partial charge in [0.15, 0.2) is 0 Å². The smallest absolute Gasteiger partial charge is 0.254 e. The van der Waals surface area contributed by atoms with Crippen LogP contribution < -0.4 is 4.90 Å². The largest absolute Gasteiger partial charge is 0.385 e. The molecule has 0 N–H and O–H groups in total. The van der Waals surface area contributed by atoms with Crippen LogP contribution in [0.5, 0.6) is 0 Å². The fraction of sp³-hybridized carbons (Fsp3) is 0.484. The number of halogens is 1. The van der Waals surface area contributed by atoms with Gasteiger partial charge >= 0.3 is 0 Å². The van der Waals surface area contributed by atoms with Gasteiger partial charge in [0, 0.05) is 57.6 Å². The fourth-order valence-electron chi connectivity index (χ4n) is 5.00. The topological polar surface area (TPSA) is 53.8 Å². The third-order valence-corrected chi connectivity index (χ3v) is 7.42. The summed E-state index contributed by atoms with van der Waals surface area (Å²) in [5, 5.41) is 4.87. The van der Waals surface area contributed by atoms with Crippen molar-refractivity contribution >= 4 is 11.7 Å². The average molecular weight is 536 g/mol. The molecule has 1 aliphatic rings. The minimum absolute atomic E-state index is 0.0136. The first-order valence-electron chi connectivity index (χ1n) is 13.7. The van der Waals surface area contributed by atoms with Crippen molar-refractivity contribution in [1.82, 2.24) is 19.6 Å². The molecule has 2 heterocycles. The number of anilines is 1. The summed E-state index contributed by atoms with van der Waals surface area (Å²) < 4.78 is 21.4. The van der Waals surface area contributed by atoms with Gasteiger partial charge in [0.25, 0.3) is 5.91 Å². The molecule has 1 saturated heterocycles. The highest BCUT2D eigenvalue weighted by Gasteiger charge is 2.28. The van der Waals surface area contributed by atoms with Crippen LogP contribution in [-0.2, 0) is 16.7 Å². The Morgan fingerprint density at radius 3 is 2.38 bits per heavy atom. The molecule has 210 valence electrons. The molecule has 7 nitrogen and oxygen atoms in total. The number of methoxy groups -OCH3 is 1. The van der Waals surface area contributed by atoms with Crippen LogP contribution in [0, 0.1) is 12.7 Å². The van der Waals surface area contributed by atoms with Crippen LogP contribution in [-0.4, -0.2) is 79.0 Å². The lowest BCUT2D eigenvalue weighted by Gasteiger charge is -2.35. The lowest BCUT2D eigenvalue weighted by molar-refractivity contribution is 0.0723. The minimum Gasteiger partial charge on any atom is -0.385 e. The first-order chi connectivity index (χ1) is 18.6. The van der Waals surface area contributed by atoms with Crippen molar-refractivity contribution in [2.75, 3.05) is 58.4 Å². The Kier molecular flexibility index (Phi) is 9.08. The zero-order chi connectivity index (χ0) is 28.2. The number of hydrogen-bond acceptors (Lipinski definition) is 5. The number of carbonyl (C=O) groups excluding carboxylic acids is 1. The van der Waals surface area contributed by atoms with Crippen molar-refractivity contribution in [1.29, 1.82) is 0 Å². The normalized spacial score (nSPS) is 14.6. The number of benzene rings is 2. The van der Waals surface area contributed by atoms with E-state index in [1.807, 2.05) is 46.8 Å². The van der Waals surface area contributed by atoms with Gasteiger partial charge in [-0.05, 0) is 61.7 Å². The summed E-state index contributed by atoms with van der Waals surface area (Å²) >= 11 is 0. The Balaban J connectivity index is 1.72. The number of likely N-dealkylation sites (N-methyl/N-ethyl adjacent to an activating group) is 1. The average Bonchev–Trinajstić information content (AvgIpc) is 3.23. The van der Waals surface area contributed by atoms with Crippen LogP contribution >= 0.6 is 0 Å². The molecule has 1 aliphatic heterocycles. The monoisotopic (exact) mass is 535 g/mol. The van der Waals surface area contributed by atoms with E-state index in [0.717, 1.165) is 49.7 Å². The second-order valence-electron chi connectivity index (χ2n) is 11.5. The molecule has 0 bridgehead atoms. The molecular formula is C31H42FN5O2. The van der Waals surface area contributed by atoms with Gasteiger partial charge in [-0.15, -0.1) is 0 Å². The molecule has 1 amide bonds. The molecule has 4 rings (SSSR count). The first kappa shape index (κ1) is 28.8. The predicted octanol–water partition coefficient (Wildman–Crippen LogP) is 5.05. The summed E-state index contributed by atoms with van der Waals surface area (Å²) in [5.74, 6) is 0.606. The lowest BCUT2D eigenvalue weighted by Crippen LogP contribution is -2.45. The standard InChI is InChI=1S/C31H42FN5O2/c1-23-28(22-36(15-8-20-39-6)30(38)24-11-13-25(14-12-24)31(2,3)4)29(35-18-16-34(5)17-19-35)37(33-23)27-10-7-9-26(32)21-27/h7,9-14,21H,8,15-20,22H2,1-6H3. The van der Waals surface area contributed by atoms with Gasteiger partial charge in [-0.2, -0.15) is 5.10 Å². The van der Waals surface area contributed by atoms with Gasteiger partial charge in [-0.3, -0.25) is 4.79 Å². The van der Waals surface area contributed by atoms with E-state index in [1.54, 1.807) is 13.2 Å². The van der Waals surface area contributed by atoms with Gasteiger partial charge in [-0.1, -0.05) is 39.0 Å². The van der Waals surface area contributed by atoms with Crippen molar-refractivity contribution in [3.05, 3.63) is 76.7 Å². The Morgan fingerprint density at radius 2 is 1.77 bits per heavy atom. The number of piperazine rings is 1. The van der Waals surface area contributed by atoms with Crippen molar-refractivity contribution in [3.8, 4) is 5.69 Å². The molecule has 39 heavy (non-hydrogen) atoms. The Bertz CT molecular complexity index is 1260. The summed E-state index contributed by atoms with van der Waals surface area (Å²) in [6.45, 7) is 13.5. The van der Waals surface area contributed by atoms with E-state index >= 15 is 0 Å². The van der Waals surface area contributed by atoms with Crippen LogP contribution in [0.1, 0.15) is 54.4 Å². The molecule has 0 radical (unpaired) electrons. The maximum absolute atomic E-state index is 14.2. The zero-order valence-electron chi connectivity index (χ0n) is 24.2. The number of aryl methyl sites for hydroxylation is 1. The number of nitrogens with zero attached hydrogens (tertiary/aromatic N) is 5. The highest BCUT2D eigenvalue weighted by atomic mass is 19.1. The van der Waals surface area contributed by atoms with Gasteiger partial charge in [0.05, 0.1) is 17.9 Å². The van der Waals surface area contributed by atoms with E-state index < -0.39 is 0 Å². The summed E-state index contributed by atoms with van der Waals surface area (Å²) in [6.07, 6.45) is 0.725. The fourth-order valence-corrected chi connectivity index (χ4v) is 5.00. The molecule has 0 atom stereocenters. The van der Waals surface area contributed by atoms with Crippen LogP contribution in [0.4, 0.5) is 10.2 Å². The molecule has 3 aromatic rings. The van der Waals surface area contributed by atoms with E-state index in [4.69, 9.17) is 9.84 Å². The van der Waals surface area contributed by atoms with E-state index in [9.17, 15) is 9.18 Å². The number of carbonyl (C=O) groups is 1. The quantitative estimate of drug-likeness (QED) is 0.359. The van der Waals surface area contributed by atoms with Gasteiger partial charge in [-0.25, -0.2) is 9.07 Å². The predicted molar refractivity (Wildman–Crippen MR) is 154 cm³/mol. The molecular weight excluding hydrogens is 493 g/mol. The minimum atomic E-state index is -0.304. The highest BCUT2D eigenvalue weighted by molar-refractivity contribution is 5.94. The van der Waals surface area contributed by atoms with Gasteiger partial charge in [0.1, 0.15) is 11.6 Å². The van der Waals surface area contributed by atoms with Crippen LogP contribution in [0.3, 0.4) is 0 Å². The highest BCUT2D eigenvalue weighted by Crippen LogP contribution is 2.31. The van der Waals surface area contributed by atoms with E-state index in [-0.39, 0.29) is 17.1 Å². The molecule has 1 aromatic heterocycles. The Morgan fingerprint density at radius 1 is 1.08 bits per heavy atom. The summed E-state index contributed by atoms with van der Waals surface area (Å²) in [6, 6.07) is 14.5. The molecule has 8 heteroatoms. The number of hydrogen-bond donors (Lipinski definition) is 0. The van der Waals surface area contributed by atoms with E-state index in [1.165, 1.54) is 17.7 Å². The maximum Gasteiger partial charge on any atom is 0.254 e. The zero-order valence-corrected chi connectivity index (χ0v) is 24.2. The number of rotatable bonds is 9. The molecule has 0 unspecified atom stereocenters. The van der Waals surface area contributed by atoms with Crippen molar-refractivity contribution in [3.63, 3.8) is 0 Å². The third kappa shape index (κ3) is 6.86. The van der Waals surface area contributed by atoms with Crippen LogP contribution in [0.2, 0.25) is 0 Å². The molecule has 0 aliphatic carbocycles. The summed E-state index contributed by atoms with van der Waals surface area (Å²) in [4.78, 5) is 20.4. The molecule has 2 aromatic carbocycles. The van der Waals surface area contributed by atoms with Gasteiger partial charge < -0.3 is 19.4 Å². The lowest BCUT2D eigenvalue weighted by atomic mass is 9.86. The second-order valence-corrected chi connectivity index (χ2v) is 11.5. The molecule has 1 fully saturated rings. The van der Waals surface area contributed by atoms with Crippen molar-refractivity contribution in [2.24, 2.45) is 0 Å². The summed E-state index contributed by atoms with van der Waals surface area (Å²) in [7, 11) is 3.80. The number of amides is 1. The van der Waals surface area contributed by atoms with Gasteiger partial charge in [0.2, 0.25) is 0 Å². The third-order valence-electron chi connectivity index (χ3n) is 7.42. The first-order valence-corrected chi connectivity index (χ1v) is 13.7. The second kappa shape index (κ2) is 12.3. The number of ether oxygens (including phenoxy) is 1. The Labute approximate surface area is 232 Å². The van der Waals surface area contributed by atoms with E-state index in [2.05, 4.69) is 37.6 Å². The Hall–Kier alpha value is -3.23. The summed E-state index contributed by atoms with van der Waals surface area (Å²) in [5.41, 5.74) is 4.36.